The maximum Gasteiger partial charge on any atom is 0.231 e. The minimum Gasteiger partial charge on any atom is -0.354 e. The highest BCUT2D eigenvalue weighted by Crippen LogP contribution is 2.13. The molecule has 0 unspecified atom stereocenters. The summed E-state index contributed by atoms with van der Waals surface area (Å²) in [5.74, 6) is 1.98. The Bertz CT molecular complexity index is 338. The fourth-order valence-corrected chi connectivity index (χ4v) is 1.10. The zero-order valence-electron chi connectivity index (χ0n) is 10.7. The van der Waals surface area contributed by atoms with Crippen LogP contribution in [0.5, 0.6) is 0 Å². The Morgan fingerprint density at radius 2 is 1.62 bits per heavy atom. The van der Waals surface area contributed by atoms with E-state index in [-0.39, 0.29) is 0 Å². The van der Waals surface area contributed by atoms with E-state index in [1.54, 1.807) is 0 Å². The molecule has 16 heavy (non-hydrogen) atoms. The molecule has 0 aliphatic carbocycles. The van der Waals surface area contributed by atoms with E-state index in [1.165, 1.54) is 0 Å². The molecule has 6 heteroatoms. The Balaban J connectivity index is 3.08. The van der Waals surface area contributed by atoms with Crippen molar-refractivity contribution in [3.63, 3.8) is 0 Å². The van der Waals surface area contributed by atoms with Gasteiger partial charge in [-0.15, -0.1) is 0 Å². The van der Waals surface area contributed by atoms with E-state index in [0.717, 1.165) is 13.1 Å². The molecule has 0 spiro atoms. The predicted octanol–water partition coefficient (Wildman–Crippen LogP) is 0.825. The molecule has 0 atom stereocenters. The molecule has 0 saturated carbocycles. The van der Waals surface area contributed by atoms with E-state index >= 15 is 0 Å². The first-order chi connectivity index (χ1) is 7.58. The lowest BCUT2D eigenvalue weighted by Gasteiger charge is -2.18. The third-order valence-corrected chi connectivity index (χ3v) is 2.16. The first-order valence-electron chi connectivity index (χ1n) is 5.46. The van der Waals surface area contributed by atoms with Crippen molar-refractivity contribution in [3.05, 3.63) is 0 Å². The van der Waals surface area contributed by atoms with Crippen LogP contribution in [0, 0.1) is 0 Å². The zero-order valence-corrected chi connectivity index (χ0v) is 10.7. The highest BCUT2D eigenvalue weighted by atomic mass is 15.3. The van der Waals surface area contributed by atoms with Crippen LogP contribution in [0.3, 0.4) is 0 Å². The van der Waals surface area contributed by atoms with Gasteiger partial charge in [-0.05, 0) is 13.8 Å². The summed E-state index contributed by atoms with van der Waals surface area (Å²) in [7, 11) is 5.80. The van der Waals surface area contributed by atoms with Gasteiger partial charge in [0.05, 0.1) is 0 Å². The number of rotatable bonds is 5. The van der Waals surface area contributed by atoms with Gasteiger partial charge in [0.25, 0.3) is 0 Å². The lowest BCUT2D eigenvalue weighted by Crippen LogP contribution is -2.22. The molecule has 0 radical (unpaired) electrons. The third-order valence-electron chi connectivity index (χ3n) is 2.16. The molecule has 1 heterocycles. The lowest BCUT2D eigenvalue weighted by atomic mass is 10.6. The fraction of sp³-hybridized carbons (Fsp3) is 0.700. The normalized spacial score (nSPS) is 10.1. The van der Waals surface area contributed by atoms with Gasteiger partial charge in [-0.3, -0.25) is 0 Å². The molecule has 0 saturated heterocycles. The topological polar surface area (TPSA) is 57.2 Å². The van der Waals surface area contributed by atoms with Crippen molar-refractivity contribution in [3.8, 4) is 0 Å². The van der Waals surface area contributed by atoms with E-state index in [2.05, 4.69) is 27.2 Å². The van der Waals surface area contributed by atoms with E-state index in [1.807, 2.05) is 37.9 Å². The summed E-state index contributed by atoms with van der Waals surface area (Å²) >= 11 is 0. The highest BCUT2D eigenvalue weighted by Gasteiger charge is 2.09. The average molecular weight is 224 g/mol. The van der Waals surface area contributed by atoms with Crippen LogP contribution in [0.1, 0.15) is 13.8 Å². The molecule has 0 amide bonds. The van der Waals surface area contributed by atoms with Gasteiger partial charge in [0, 0.05) is 34.2 Å². The van der Waals surface area contributed by atoms with E-state index in [4.69, 9.17) is 0 Å². The second-order valence-electron chi connectivity index (χ2n) is 3.70. The number of nitrogens with zero attached hydrogens (tertiary/aromatic N) is 5. The minimum absolute atomic E-state index is 0.622. The number of nitrogens with one attached hydrogen (secondary N) is 1. The van der Waals surface area contributed by atoms with Crippen LogP contribution in [-0.4, -0.2) is 49.2 Å². The first-order valence-corrected chi connectivity index (χ1v) is 5.46. The van der Waals surface area contributed by atoms with Crippen molar-refractivity contribution >= 4 is 17.8 Å². The Morgan fingerprint density at radius 3 is 2.12 bits per heavy atom. The largest absolute Gasteiger partial charge is 0.354 e. The summed E-state index contributed by atoms with van der Waals surface area (Å²) in [6, 6.07) is 0. The Hall–Kier alpha value is -1.59. The van der Waals surface area contributed by atoms with Gasteiger partial charge in [-0.25, -0.2) is 0 Å². The molecule has 1 aromatic rings. The molecule has 0 bridgehead atoms. The van der Waals surface area contributed by atoms with E-state index in [9.17, 15) is 0 Å². The first kappa shape index (κ1) is 12.5. The molecule has 1 aromatic heterocycles. The van der Waals surface area contributed by atoms with Crippen molar-refractivity contribution in [2.45, 2.75) is 13.8 Å². The zero-order chi connectivity index (χ0) is 12.1. The summed E-state index contributed by atoms with van der Waals surface area (Å²) in [6.45, 7) is 5.74. The van der Waals surface area contributed by atoms with Crippen LogP contribution < -0.4 is 15.1 Å². The van der Waals surface area contributed by atoms with E-state index in [0.29, 0.717) is 17.8 Å². The molecule has 0 fully saturated rings. The second-order valence-corrected chi connectivity index (χ2v) is 3.70. The number of aromatic nitrogens is 3. The standard InChI is InChI=1S/C10H20N6/c1-6-11-8-12-9(15(3)4)14-10(13-8)16(5)7-2/h6-7H2,1-5H3,(H,11,12,13,14). The SMILES string of the molecule is CCNc1nc(N(C)C)nc(N(C)CC)n1. The molecular weight excluding hydrogens is 204 g/mol. The lowest BCUT2D eigenvalue weighted by molar-refractivity contribution is 0.865. The van der Waals surface area contributed by atoms with Gasteiger partial charge in [-0.2, -0.15) is 15.0 Å². The summed E-state index contributed by atoms with van der Waals surface area (Å²) in [5, 5.41) is 3.11. The van der Waals surface area contributed by atoms with Gasteiger partial charge in [0.2, 0.25) is 17.8 Å². The van der Waals surface area contributed by atoms with Crippen LogP contribution in [0.25, 0.3) is 0 Å². The number of hydrogen-bond acceptors (Lipinski definition) is 6. The predicted molar refractivity (Wildman–Crippen MR) is 67.3 cm³/mol. The maximum atomic E-state index is 4.38. The second kappa shape index (κ2) is 5.48. The van der Waals surface area contributed by atoms with Gasteiger partial charge in [0.1, 0.15) is 0 Å². The van der Waals surface area contributed by atoms with E-state index < -0.39 is 0 Å². The van der Waals surface area contributed by atoms with Gasteiger partial charge < -0.3 is 15.1 Å². The fourth-order valence-electron chi connectivity index (χ4n) is 1.10. The minimum atomic E-state index is 0.622. The van der Waals surface area contributed by atoms with Crippen molar-refractivity contribution in [1.29, 1.82) is 0 Å². The quantitative estimate of drug-likeness (QED) is 0.799. The Kier molecular flexibility index (Phi) is 4.28. The van der Waals surface area contributed by atoms with Gasteiger partial charge in [0.15, 0.2) is 0 Å². The van der Waals surface area contributed by atoms with Crippen LogP contribution in [-0.2, 0) is 0 Å². The average Bonchev–Trinajstić information content (AvgIpc) is 2.28. The van der Waals surface area contributed by atoms with Crippen molar-refractivity contribution in [1.82, 2.24) is 15.0 Å². The van der Waals surface area contributed by atoms with Gasteiger partial charge >= 0.3 is 0 Å². The molecule has 1 rings (SSSR count). The van der Waals surface area contributed by atoms with Gasteiger partial charge in [-0.1, -0.05) is 0 Å². The van der Waals surface area contributed by atoms with Crippen LogP contribution in [0.4, 0.5) is 17.8 Å². The molecule has 6 nitrogen and oxygen atoms in total. The molecule has 0 aliphatic rings. The summed E-state index contributed by atoms with van der Waals surface area (Å²) < 4.78 is 0. The summed E-state index contributed by atoms with van der Waals surface area (Å²) in [5.41, 5.74) is 0. The smallest absolute Gasteiger partial charge is 0.231 e. The maximum absolute atomic E-state index is 4.38. The summed E-state index contributed by atoms with van der Waals surface area (Å²) in [4.78, 5) is 16.9. The molecule has 0 aromatic carbocycles. The van der Waals surface area contributed by atoms with Crippen LogP contribution in [0.2, 0.25) is 0 Å². The van der Waals surface area contributed by atoms with Crippen LogP contribution in [0.15, 0.2) is 0 Å². The highest BCUT2D eigenvalue weighted by molar-refractivity contribution is 5.43. The summed E-state index contributed by atoms with van der Waals surface area (Å²) in [6.07, 6.45) is 0. The Morgan fingerprint density at radius 1 is 1.00 bits per heavy atom. The monoisotopic (exact) mass is 224 g/mol. The molecular formula is C10H20N6. The van der Waals surface area contributed by atoms with Crippen molar-refractivity contribution in [2.75, 3.05) is 49.3 Å². The number of hydrogen-bond donors (Lipinski definition) is 1. The molecule has 90 valence electrons. The van der Waals surface area contributed by atoms with Crippen LogP contribution >= 0.6 is 0 Å². The number of anilines is 3. The third kappa shape index (κ3) is 2.95. The molecule has 0 aliphatic heterocycles. The van der Waals surface area contributed by atoms with Crippen molar-refractivity contribution < 1.29 is 0 Å². The van der Waals surface area contributed by atoms with Crippen molar-refractivity contribution in [2.24, 2.45) is 0 Å². The molecule has 1 N–H and O–H groups in total. The Labute approximate surface area is 96.7 Å².